The Bertz CT molecular complexity index is 253. The summed E-state index contributed by atoms with van der Waals surface area (Å²) in [7, 11) is -1.97. The van der Waals surface area contributed by atoms with Crippen molar-refractivity contribution in [3.63, 3.8) is 0 Å². The first-order valence-corrected chi connectivity index (χ1v) is 5.14. The molecule has 1 N–H and O–H groups in total. The molecule has 0 atom stereocenters. The van der Waals surface area contributed by atoms with Gasteiger partial charge in [0, 0.05) is 13.6 Å². The van der Waals surface area contributed by atoms with Crippen LogP contribution in [0.25, 0.3) is 0 Å². The fourth-order valence-corrected chi connectivity index (χ4v) is 1.69. The van der Waals surface area contributed by atoms with Crippen molar-refractivity contribution >= 4 is 10.2 Å². The zero-order valence-electron chi connectivity index (χ0n) is 7.37. The van der Waals surface area contributed by atoms with Crippen molar-refractivity contribution in [2.24, 2.45) is 0 Å². The van der Waals surface area contributed by atoms with E-state index in [2.05, 4.69) is 10.6 Å². The Labute approximate surface area is 74.1 Å². The van der Waals surface area contributed by atoms with Crippen LogP contribution in [0.3, 0.4) is 0 Å². The molecule has 0 unspecified atom stereocenters. The van der Waals surface area contributed by atoms with Crippen molar-refractivity contribution in [3.8, 4) is 12.3 Å². The van der Waals surface area contributed by atoms with Gasteiger partial charge < -0.3 is 0 Å². The molecular formula is C7H14N2O2S. The van der Waals surface area contributed by atoms with E-state index in [0.29, 0.717) is 6.54 Å². The number of nitrogens with one attached hydrogen (secondary N) is 1. The molecular weight excluding hydrogens is 176 g/mol. The van der Waals surface area contributed by atoms with Crippen molar-refractivity contribution in [2.45, 2.75) is 13.3 Å². The average molecular weight is 190 g/mol. The molecule has 0 bridgehead atoms. The van der Waals surface area contributed by atoms with Gasteiger partial charge in [-0.3, -0.25) is 0 Å². The van der Waals surface area contributed by atoms with Gasteiger partial charge in [0.2, 0.25) is 0 Å². The van der Waals surface area contributed by atoms with Crippen LogP contribution in [0.15, 0.2) is 0 Å². The summed E-state index contributed by atoms with van der Waals surface area (Å²) in [6.45, 7) is 2.47. The summed E-state index contributed by atoms with van der Waals surface area (Å²) in [6, 6.07) is 0. The lowest BCUT2D eigenvalue weighted by Crippen LogP contribution is -2.39. The normalized spacial score (nSPS) is 11.5. The number of terminal acetylenes is 1. The van der Waals surface area contributed by atoms with Crippen molar-refractivity contribution < 1.29 is 8.42 Å². The van der Waals surface area contributed by atoms with Gasteiger partial charge in [0.15, 0.2) is 0 Å². The van der Waals surface area contributed by atoms with E-state index < -0.39 is 10.2 Å². The number of hydrogen-bond donors (Lipinski definition) is 1. The summed E-state index contributed by atoms with van der Waals surface area (Å²) >= 11 is 0. The van der Waals surface area contributed by atoms with Crippen LogP contribution >= 0.6 is 0 Å². The predicted molar refractivity (Wildman–Crippen MR) is 48.7 cm³/mol. The molecule has 0 aliphatic heterocycles. The Balaban J connectivity index is 4.41. The molecule has 0 rings (SSSR count). The lowest BCUT2D eigenvalue weighted by molar-refractivity contribution is 0.439. The third-order valence-electron chi connectivity index (χ3n) is 1.34. The highest BCUT2D eigenvalue weighted by Gasteiger charge is 2.16. The molecule has 0 fully saturated rings. The minimum Gasteiger partial charge on any atom is -0.205 e. The van der Waals surface area contributed by atoms with Crippen LogP contribution in [0, 0.1) is 12.3 Å². The molecule has 0 aromatic rings. The first kappa shape index (κ1) is 11.4. The molecule has 12 heavy (non-hydrogen) atoms. The molecule has 0 amide bonds. The maximum Gasteiger partial charge on any atom is 0.280 e. The van der Waals surface area contributed by atoms with Gasteiger partial charge in [0.25, 0.3) is 10.2 Å². The van der Waals surface area contributed by atoms with Gasteiger partial charge in [0.05, 0.1) is 6.54 Å². The standard InChI is InChI=1S/C7H14N2O2S/c1-4-6-9(7-5-2)12(10,11)8-3/h1,8H,5-7H2,2-3H3. The Kier molecular flexibility index (Phi) is 4.90. The Morgan fingerprint density at radius 1 is 1.58 bits per heavy atom. The molecule has 4 nitrogen and oxygen atoms in total. The van der Waals surface area contributed by atoms with Crippen molar-refractivity contribution in [3.05, 3.63) is 0 Å². The molecule has 0 aliphatic rings. The van der Waals surface area contributed by atoms with E-state index in [0.717, 1.165) is 6.42 Å². The SMILES string of the molecule is C#CCN(CCC)S(=O)(=O)NC. The smallest absolute Gasteiger partial charge is 0.205 e. The maximum absolute atomic E-state index is 11.2. The van der Waals surface area contributed by atoms with E-state index in [9.17, 15) is 8.42 Å². The Morgan fingerprint density at radius 2 is 2.17 bits per heavy atom. The molecule has 70 valence electrons. The molecule has 0 radical (unpaired) electrons. The molecule has 0 heterocycles. The van der Waals surface area contributed by atoms with Crippen LogP contribution in [0.4, 0.5) is 0 Å². The molecule has 5 heteroatoms. The molecule has 0 spiro atoms. The Hall–Kier alpha value is -0.570. The first-order chi connectivity index (χ1) is 5.58. The molecule has 0 saturated carbocycles. The van der Waals surface area contributed by atoms with E-state index in [-0.39, 0.29) is 6.54 Å². The average Bonchev–Trinajstić information content (AvgIpc) is 2.04. The van der Waals surface area contributed by atoms with Gasteiger partial charge in [-0.15, -0.1) is 6.42 Å². The first-order valence-electron chi connectivity index (χ1n) is 3.70. The third-order valence-corrected chi connectivity index (χ3v) is 2.85. The number of nitrogens with zero attached hydrogens (tertiary/aromatic N) is 1. The largest absolute Gasteiger partial charge is 0.280 e. The van der Waals surface area contributed by atoms with Gasteiger partial charge in [-0.1, -0.05) is 12.8 Å². The van der Waals surface area contributed by atoms with Crippen LogP contribution in [-0.4, -0.2) is 32.9 Å². The second-order valence-electron chi connectivity index (χ2n) is 2.25. The van der Waals surface area contributed by atoms with Gasteiger partial charge in [-0.05, 0) is 6.42 Å². The van der Waals surface area contributed by atoms with Gasteiger partial charge in [-0.25, -0.2) is 4.72 Å². The zero-order valence-corrected chi connectivity index (χ0v) is 8.19. The molecule has 0 aromatic carbocycles. The quantitative estimate of drug-likeness (QED) is 0.610. The van der Waals surface area contributed by atoms with Gasteiger partial charge >= 0.3 is 0 Å². The highest BCUT2D eigenvalue weighted by atomic mass is 32.2. The zero-order chi connectivity index (χ0) is 9.61. The predicted octanol–water partition coefficient (Wildman–Crippen LogP) is -0.204. The molecule has 0 saturated heterocycles. The third kappa shape index (κ3) is 3.22. The summed E-state index contributed by atoms with van der Waals surface area (Å²) in [6.07, 6.45) is 5.78. The van der Waals surface area contributed by atoms with Crippen molar-refractivity contribution in [2.75, 3.05) is 20.1 Å². The second-order valence-corrected chi connectivity index (χ2v) is 4.12. The van der Waals surface area contributed by atoms with E-state index in [1.165, 1.54) is 11.4 Å². The van der Waals surface area contributed by atoms with Crippen LogP contribution < -0.4 is 4.72 Å². The lowest BCUT2D eigenvalue weighted by atomic mass is 10.5. The van der Waals surface area contributed by atoms with E-state index in [4.69, 9.17) is 6.42 Å². The fraction of sp³-hybridized carbons (Fsp3) is 0.714. The number of rotatable bonds is 5. The maximum atomic E-state index is 11.2. The van der Waals surface area contributed by atoms with Crippen LogP contribution in [0.2, 0.25) is 0 Å². The number of hydrogen-bond acceptors (Lipinski definition) is 2. The second kappa shape index (κ2) is 5.14. The van der Waals surface area contributed by atoms with Crippen LogP contribution in [0.1, 0.15) is 13.3 Å². The minimum atomic E-state index is -3.34. The molecule has 0 aromatic heterocycles. The van der Waals surface area contributed by atoms with Gasteiger partial charge in [-0.2, -0.15) is 12.7 Å². The highest BCUT2D eigenvalue weighted by Crippen LogP contribution is 1.97. The Morgan fingerprint density at radius 3 is 2.50 bits per heavy atom. The van der Waals surface area contributed by atoms with Crippen molar-refractivity contribution in [1.29, 1.82) is 0 Å². The summed E-state index contributed by atoms with van der Waals surface area (Å²) in [4.78, 5) is 0. The van der Waals surface area contributed by atoms with E-state index in [1.54, 1.807) is 0 Å². The topological polar surface area (TPSA) is 49.4 Å². The fourth-order valence-electron chi connectivity index (χ4n) is 0.765. The van der Waals surface area contributed by atoms with Crippen molar-refractivity contribution in [1.82, 2.24) is 9.03 Å². The summed E-state index contributed by atoms with van der Waals surface area (Å²) in [5.74, 6) is 2.30. The molecule has 0 aliphatic carbocycles. The van der Waals surface area contributed by atoms with Crippen LogP contribution in [-0.2, 0) is 10.2 Å². The summed E-state index contributed by atoms with van der Waals surface area (Å²) in [5, 5.41) is 0. The van der Waals surface area contributed by atoms with E-state index in [1.807, 2.05) is 6.92 Å². The summed E-state index contributed by atoms with van der Waals surface area (Å²) in [5.41, 5.74) is 0. The summed E-state index contributed by atoms with van der Waals surface area (Å²) < 4.78 is 25.8. The van der Waals surface area contributed by atoms with Crippen LogP contribution in [0.5, 0.6) is 0 Å². The van der Waals surface area contributed by atoms with Gasteiger partial charge in [0.1, 0.15) is 0 Å². The monoisotopic (exact) mass is 190 g/mol. The highest BCUT2D eigenvalue weighted by molar-refractivity contribution is 7.87. The van der Waals surface area contributed by atoms with E-state index >= 15 is 0 Å². The minimum absolute atomic E-state index is 0.122. The lowest BCUT2D eigenvalue weighted by Gasteiger charge is -2.17.